The second-order valence-electron chi connectivity index (χ2n) is 5.97. The van der Waals surface area contributed by atoms with E-state index in [1.165, 1.54) is 0 Å². The highest BCUT2D eigenvalue weighted by Crippen LogP contribution is 2.38. The van der Waals surface area contributed by atoms with Gasteiger partial charge in [0.15, 0.2) is 11.5 Å². The molecule has 4 rings (SSSR count). The Balaban J connectivity index is 1.47. The van der Waals surface area contributed by atoms with Gasteiger partial charge < -0.3 is 19.3 Å². The fourth-order valence-electron chi connectivity index (χ4n) is 3.14. The summed E-state index contributed by atoms with van der Waals surface area (Å²) >= 11 is 6.24. The van der Waals surface area contributed by atoms with E-state index in [4.69, 9.17) is 21.1 Å². The lowest BCUT2D eigenvalue weighted by molar-refractivity contribution is 0.0745. The lowest BCUT2D eigenvalue weighted by Crippen LogP contribution is -2.48. The number of nitrogens with zero attached hydrogens (tertiary/aromatic N) is 3. The van der Waals surface area contributed by atoms with Gasteiger partial charge in [0.2, 0.25) is 0 Å². The van der Waals surface area contributed by atoms with Crippen LogP contribution >= 0.6 is 11.6 Å². The van der Waals surface area contributed by atoms with Gasteiger partial charge in [-0.1, -0.05) is 11.6 Å². The number of hydrogen-bond acceptors (Lipinski definition) is 5. The molecule has 1 aromatic carbocycles. The van der Waals surface area contributed by atoms with Crippen molar-refractivity contribution in [3.8, 4) is 11.5 Å². The van der Waals surface area contributed by atoms with Crippen LogP contribution in [0.1, 0.15) is 10.4 Å². The minimum atomic E-state index is -0.0340. The molecular weight excluding hydrogens is 342 g/mol. The van der Waals surface area contributed by atoms with Crippen LogP contribution in [-0.2, 0) is 0 Å². The lowest BCUT2D eigenvalue weighted by Gasteiger charge is -2.36. The second-order valence-corrected chi connectivity index (χ2v) is 6.37. The molecule has 1 aromatic heterocycles. The average molecular weight is 360 g/mol. The molecular formula is C18H18ClN3O3. The van der Waals surface area contributed by atoms with Gasteiger partial charge in [0, 0.05) is 49.8 Å². The van der Waals surface area contributed by atoms with E-state index in [1.54, 1.807) is 24.5 Å². The number of benzene rings is 1. The van der Waals surface area contributed by atoms with Crippen molar-refractivity contribution in [1.82, 2.24) is 9.88 Å². The topological polar surface area (TPSA) is 54.9 Å². The van der Waals surface area contributed by atoms with E-state index < -0.39 is 0 Å². The van der Waals surface area contributed by atoms with Crippen molar-refractivity contribution in [3.05, 3.63) is 47.2 Å². The molecule has 0 unspecified atom stereocenters. The predicted octanol–water partition coefficient (Wildman–Crippen LogP) is 2.47. The number of piperazine rings is 1. The maximum absolute atomic E-state index is 12.8. The number of hydrogen-bond donors (Lipinski definition) is 0. The number of anilines is 1. The van der Waals surface area contributed by atoms with Crippen molar-refractivity contribution in [3.63, 3.8) is 0 Å². The quantitative estimate of drug-likeness (QED) is 0.824. The summed E-state index contributed by atoms with van der Waals surface area (Å²) in [7, 11) is 0. The minimum Gasteiger partial charge on any atom is -0.486 e. The molecule has 0 saturated carbocycles. The smallest absolute Gasteiger partial charge is 0.254 e. The molecule has 0 atom stereocenters. The average Bonchev–Trinajstić information content (AvgIpc) is 2.68. The first-order valence-electron chi connectivity index (χ1n) is 8.26. The molecule has 1 saturated heterocycles. The van der Waals surface area contributed by atoms with Crippen LogP contribution in [0.4, 0.5) is 5.69 Å². The number of ether oxygens (including phenoxy) is 2. The Morgan fingerprint density at radius 1 is 1.04 bits per heavy atom. The number of amides is 1. The summed E-state index contributed by atoms with van der Waals surface area (Å²) in [5, 5.41) is 0.413. The Morgan fingerprint density at radius 3 is 2.52 bits per heavy atom. The van der Waals surface area contributed by atoms with Crippen molar-refractivity contribution in [2.45, 2.75) is 0 Å². The first kappa shape index (κ1) is 16.0. The maximum atomic E-state index is 12.8. The highest BCUT2D eigenvalue weighted by Gasteiger charge is 2.25. The summed E-state index contributed by atoms with van der Waals surface area (Å²) in [5.41, 5.74) is 1.66. The summed E-state index contributed by atoms with van der Waals surface area (Å²) in [5.74, 6) is 1.03. The van der Waals surface area contributed by atoms with Crippen LogP contribution in [0.3, 0.4) is 0 Å². The number of fused-ring (bicyclic) bond motifs is 1. The molecule has 0 radical (unpaired) electrons. The van der Waals surface area contributed by atoms with Crippen molar-refractivity contribution in [1.29, 1.82) is 0 Å². The monoisotopic (exact) mass is 359 g/mol. The Morgan fingerprint density at radius 2 is 1.76 bits per heavy atom. The molecule has 25 heavy (non-hydrogen) atoms. The number of rotatable bonds is 2. The zero-order valence-electron chi connectivity index (χ0n) is 13.7. The van der Waals surface area contributed by atoms with Crippen LogP contribution < -0.4 is 14.4 Å². The molecule has 3 heterocycles. The number of pyridine rings is 1. The Hall–Kier alpha value is -2.47. The molecule has 0 N–H and O–H groups in total. The summed E-state index contributed by atoms with van der Waals surface area (Å²) in [6, 6.07) is 7.35. The van der Waals surface area contributed by atoms with E-state index in [2.05, 4.69) is 9.88 Å². The van der Waals surface area contributed by atoms with E-state index in [0.717, 1.165) is 18.8 Å². The van der Waals surface area contributed by atoms with E-state index >= 15 is 0 Å². The molecule has 7 heteroatoms. The highest BCUT2D eigenvalue weighted by atomic mass is 35.5. The first-order valence-corrected chi connectivity index (χ1v) is 8.63. The van der Waals surface area contributed by atoms with Crippen LogP contribution in [0.2, 0.25) is 5.02 Å². The second kappa shape index (κ2) is 6.80. The highest BCUT2D eigenvalue weighted by molar-refractivity contribution is 6.32. The van der Waals surface area contributed by atoms with Gasteiger partial charge in [-0.15, -0.1) is 0 Å². The SMILES string of the molecule is O=C(c1cc(Cl)c2c(c1)OCCO2)N1CCN(c2ccncc2)CC1. The molecule has 130 valence electrons. The van der Waals surface area contributed by atoms with Crippen LogP contribution in [0.15, 0.2) is 36.7 Å². The molecule has 0 spiro atoms. The van der Waals surface area contributed by atoms with Crippen molar-refractivity contribution < 1.29 is 14.3 Å². The lowest BCUT2D eigenvalue weighted by atomic mass is 10.1. The van der Waals surface area contributed by atoms with Crippen molar-refractivity contribution in [2.24, 2.45) is 0 Å². The fourth-order valence-corrected chi connectivity index (χ4v) is 3.40. The Labute approximate surface area is 150 Å². The summed E-state index contributed by atoms with van der Waals surface area (Å²) in [6.07, 6.45) is 3.56. The maximum Gasteiger partial charge on any atom is 0.254 e. The van der Waals surface area contributed by atoms with E-state index in [0.29, 0.717) is 48.4 Å². The zero-order chi connectivity index (χ0) is 17.2. The van der Waals surface area contributed by atoms with Crippen molar-refractivity contribution in [2.75, 3.05) is 44.3 Å². The molecule has 2 aliphatic rings. The molecule has 6 nitrogen and oxygen atoms in total. The van der Waals surface area contributed by atoms with Gasteiger partial charge in [-0.25, -0.2) is 0 Å². The third kappa shape index (κ3) is 3.22. The number of aromatic nitrogens is 1. The number of carbonyl (C=O) groups is 1. The van der Waals surface area contributed by atoms with Crippen LogP contribution in [0.5, 0.6) is 11.5 Å². The van der Waals surface area contributed by atoms with Crippen LogP contribution in [0, 0.1) is 0 Å². The van der Waals surface area contributed by atoms with Crippen LogP contribution in [-0.4, -0.2) is 55.2 Å². The van der Waals surface area contributed by atoms with E-state index in [-0.39, 0.29) is 5.91 Å². The molecule has 0 aliphatic carbocycles. The summed E-state index contributed by atoms with van der Waals surface area (Å²) < 4.78 is 11.1. The first-order chi connectivity index (χ1) is 12.2. The van der Waals surface area contributed by atoms with Gasteiger partial charge in [-0.05, 0) is 24.3 Å². The normalized spacial score (nSPS) is 16.7. The number of carbonyl (C=O) groups excluding carboxylic acids is 1. The zero-order valence-corrected chi connectivity index (χ0v) is 14.4. The summed E-state index contributed by atoms with van der Waals surface area (Å²) in [6.45, 7) is 3.82. The number of halogens is 1. The molecule has 2 aliphatic heterocycles. The van der Waals surface area contributed by atoms with Gasteiger partial charge >= 0.3 is 0 Å². The van der Waals surface area contributed by atoms with E-state index in [9.17, 15) is 4.79 Å². The van der Waals surface area contributed by atoms with Gasteiger partial charge in [-0.3, -0.25) is 9.78 Å². The van der Waals surface area contributed by atoms with Crippen molar-refractivity contribution >= 4 is 23.2 Å². The molecule has 2 aromatic rings. The van der Waals surface area contributed by atoms with Gasteiger partial charge in [0.05, 0.1) is 5.02 Å². The van der Waals surface area contributed by atoms with Gasteiger partial charge in [0.1, 0.15) is 13.2 Å². The molecule has 1 amide bonds. The fraction of sp³-hybridized carbons (Fsp3) is 0.333. The molecule has 1 fully saturated rings. The standard InChI is InChI=1S/C18H18ClN3O3/c19-15-11-13(12-16-17(15)25-10-9-24-16)18(23)22-7-5-21(6-8-22)14-1-3-20-4-2-14/h1-4,11-12H,5-10H2. The third-order valence-electron chi connectivity index (χ3n) is 4.44. The Bertz CT molecular complexity index is 777. The largest absolute Gasteiger partial charge is 0.486 e. The minimum absolute atomic E-state index is 0.0340. The molecule has 0 bridgehead atoms. The van der Waals surface area contributed by atoms with Crippen LogP contribution in [0.25, 0.3) is 0 Å². The summed E-state index contributed by atoms with van der Waals surface area (Å²) in [4.78, 5) is 21.0. The van der Waals surface area contributed by atoms with E-state index in [1.807, 2.05) is 17.0 Å². The predicted molar refractivity (Wildman–Crippen MR) is 94.8 cm³/mol. The Kier molecular flexibility index (Phi) is 4.36. The third-order valence-corrected chi connectivity index (χ3v) is 4.72. The van der Waals surface area contributed by atoms with Gasteiger partial charge in [-0.2, -0.15) is 0 Å². The van der Waals surface area contributed by atoms with Gasteiger partial charge in [0.25, 0.3) is 5.91 Å².